The first-order valence-corrected chi connectivity index (χ1v) is 13.3. The van der Waals surface area contributed by atoms with Gasteiger partial charge in [-0.25, -0.2) is 0 Å². The Bertz CT molecular complexity index is 599. The SMILES string of the molecule is CCCC[CH](CCC)[Ge]([c]1ccco1)([c]1ccco1)[c]1ccco1. The van der Waals surface area contributed by atoms with E-state index in [1.54, 1.807) is 18.8 Å². The van der Waals surface area contributed by atoms with Gasteiger partial charge in [0.1, 0.15) is 0 Å². The molecular formula is C20H26GeO3. The molecule has 0 saturated heterocycles. The van der Waals surface area contributed by atoms with Crippen LogP contribution in [-0.4, -0.2) is 13.3 Å². The second-order valence-corrected chi connectivity index (χ2v) is 14.6. The van der Waals surface area contributed by atoms with Crippen LogP contribution in [0.5, 0.6) is 0 Å². The van der Waals surface area contributed by atoms with Gasteiger partial charge in [-0.1, -0.05) is 0 Å². The van der Waals surface area contributed by atoms with Gasteiger partial charge >= 0.3 is 146 Å². The third-order valence-corrected chi connectivity index (χ3v) is 15.3. The Morgan fingerprint density at radius 1 is 0.750 bits per heavy atom. The van der Waals surface area contributed by atoms with E-state index in [4.69, 9.17) is 13.3 Å². The summed E-state index contributed by atoms with van der Waals surface area (Å²) >= 11 is -3.13. The maximum atomic E-state index is 6.02. The van der Waals surface area contributed by atoms with Crippen molar-refractivity contribution in [1.82, 2.24) is 0 Å². The summed E-state index contributed by atoms with van der Waals surface area (Å²) in [5.41, 5.74) is 0. The molecule has 3 heterocycles. The fourth-order valence-electron chi connectivity index (χ4n) is 3.85. The van der Waals surface area contributed by atoms with Crippen molar-refractivity contribution >= 4 is 27.0 Å². The monoisotopic (exact) mass is 388 g/mol. The molecule has 3 rings (SSSR count). The molecule has 3 aromatic rings. The molecule has 0 aliphatic heterocycles. The topological polar surface area (TPSA) is 39.4 Å². The van der Waals surface area contributed by atoms with Crippen molar-refractivity contribution in [2.24, 2.45) is 0 Å². The summed E-state index contributed by atoms with van der Waals surface area (Å²) in [4.78, 5) is 0. The van der Waals surface area contributed by atoms with E-state index in [1.165, 1.54) is 25.7 Å². The quantitative estimate of drug-likeness (QED) is 0.515. The van der Waals surface area contributed by atoms with E-state index in [0.29, 0.717) is 4.75 Å². The fourth-order valence-corrected chi connectivity index (χ4v) is 14.6. The summed E-state index contributed by atoms with van der Waals surface area (Å²) < 4.78 is 21.8. The van der Waals surface area contributed by atoms with Crippen LogP contribution < -0.4 is 13.8 Å². The van der Waals surface area contributed by atoms with Crippen molar-refractivity contribution in [2.45, 2.75) is 50.7 Å². The van der Waals surface area contributed by atoms with Gasteiger partial charge in [-0.3, -0.25) is 0 Å². The first kappa shape index (κ1) is 17.2. The Hall–Kier alpha value is -1.62. The van der Waals surface area contributed by atoms with E-state index in [9.17, 15) is 0 Å². The molecule has 24 heavy (non-hydrogen) atoms. The van der Waals surface area contributed by atoms with Crippen LogP contribution >= 0.6 is 0 Å². The predicted molar refractivity (Wildman–Crippen MR) is 99.0 cm³/mol. The standard InChI is InChI=1S/C20H26GeO3/c1-3-5-10-17(9-4-2)21(18-11-6-14-22-18,19-12-7-15-23-19)20-13-8-16-24-20/h6-8,11-17H,3-5,9-10H2,1-2H3. The van der Waals surface area contributed by atoms with Gasteiger partial charge in [-0.05, 0) is 0 Å². The average molecular weight is 387 g/mol. The van der Waals surface area contributed by atoms with Crippen LogP contribution in [0.25, 0.3) is 0 Å². The third kappa shape index (κ3) is 3.02. The van der Waals surface area contributed by atoms with Crippen LogP contribution in [0.1, 0.15) is 46.0 Å². The van der Waals surface area contributed by atoms with Crippen molar-refractivity contribution in [1.29, 1.82) is 0 Å². The molecule has 4 heteroatoms. The van der Waals surface area contributed by atoms with Gasteiger partial charge in [-0.15, -0.1) is 0 Å². The van der Waals surface area contributed by atoms with Gasteiger partial charge < -0.3 is 0 Å². The van der Waals surface area contributed by atoms with E-state index >= 15 is 0 Å². The van der Waals surface area contributed by atoms with Crippen LogP contribution in [0.15, 0.2) is 68.4 Å². The van der Waals surface area contributed by atoms with Crippen LogP contribution in [0.4, 0.5) is 0 Å². The number of furan rings is 3. The Morgan fingerprint density at radius 3 is 1.58 bits per heavy atom. The van der Waals surface area contributed by atoms with E-state index < -0.39 is 13.3 Å². The first-order valence-electron chi connectivity index (χ1n) is 8.95. The van der Waals surface area contributed by atoms with Gasteiger partial charge in [0.25, 0.3) is 0 Å². The predicted octanol–water partition coefficient (Wildman–Crippen LogP) is 4.30. The molecule has 0 aromatic carbocycles. The summed E-state index contributed by atoms with van der Waals surface area (Å²) in [7, 11) is 0. The fraction of sp³-hybridized carbons (Fsp3) is 0.400. The molecule has 3 nitrogen and oxygen atoms in total. The number of rotatable bonds is 9. The molecule has 0 saturated carbocycles. The average Bonchev–Trinajstić information content (AvgIpc) is 3.36. The minimum absolute atomic E-state index is 0.540. The molecule has 0 fully saturated rings. The summed E-state index contributed by atoms with van der Waals surface area (Å²) in [6.07, 6.45) is 11.3. The molecule has 3 aromatic heterocycles. The van der Waals surface area contributed by atoms with E-state index in [1.807, 2.05) is 18.2 Å². The van der Waals surface area contributed by atoms with E-state index in [-0.39, 0.29) is 0 Å². The Kier molecular flexibility index (Phi) is 5.72. The van der Waals surface area contributed by atoms with Crippen LogP contribution in [0, 0.1) is 0 Å². The molecule has 0 aliphatic carbocycles. The molecule has 0 spiro atoms. The van der Waals surface area contributed by atoms with Gasteiger partial charge in [0.2, 0.25) is 0 Å². The molecule has 0 radical (unpaired) electrons. The second kappa shape index (κ2) is 7.97. The summed E-state index contributed by atoms with van der Waals surface area (Å²) in [5.74, 6) is 0. The molecule has 1 unspecified atom stereocenters. The Morgan fingerprint density at radius 2 is 1.25 bits per heavy atom. The zero-order valence-corrected chi connectivity index (χ0v) is 16.6. The van der Waals surface area contributed by atoms with Crippen molar-refractivity contribution in [3.05, 3.63) is 55.2 Å². The Labute approximate surface area is 146 Å². The van der Waals surface area contributed by atoms with Crippen molar-refractivity contribution in [3.8, 4) is 0 Å². The van der Waals surface area contributed by atoms with Gasteiger partial charge in [0.15, 0.2) is 0 Å². The molecule has 1 atom stereocenters. The van der Waals surface area contributed by atoms with Gasteiger partial charge in [0.05, 0.1) is 0 Å². The molecule has 128 valence electrons. The number of hydrogen-bond acceptors (Lipinski definition) is 3. The zero-order chi connectivity index (χ0) is 16.8. The summed E-state index contributed by atoms with van der Waals surface area (Å²) in [6.45, 7) is 4.52. The second-order valence-electron chi connectivity index (χ2n) is 6.37. The molecule has 0 N–H and O–H groups in total. The zero-order valence-electron chi connectivity index (χ0n) is 14.5. The van der Waals surface area contributed by atoms with Crippen molar-refractivity contribution in [3.63, 3.8) is 0 Å². The molecule has 0 aliphatic rings. The summed E-state index contributed by atoms with van der Waals surface area (Å²) in [5, 5.41) is 0. The number of hydrogen-bond donors (Lipinski definition) is 0. The van der Waals surface area contributed by atoms with Crippen LogP contribution in [-0.2, 0) is 0 Å². The molecule has 0 bridgehead atoms. The normalized spacial score (nSPS) is 13.2. The van der Waals surface area contributed by atoms with E-state index in [2.05, 4.69) is 32.0 Å². The summed E-state index contributed by atoms with van der Waals surface area (Å²) in [6, 6.07) is 12.3. The minimum atomic E-state index is -3.13. The van der Waals surface area contributed by atoms with Gasteiger partial charge in [-0.2, -0.15) is 0 Å². The first-order chi connectivity index (χ1) is 11.8. The molecular weight excluding hydrogens is 361 g/mol. The van der Waals surface area contributed by atoms with E-state index in [0.717, 1.165) is 20.2 Å². The van der Waals surface area contributed by atoms with Crippen LogP contribution in [0.2, 0.25) is 4.75 Å². The maximum absolute atomic E-state index is 6.02. The van der Waals surface area contributed by atoms with Crippen molar-refractivity contribution in [2.75, 3.05) is 0 Å². The van der Waals surface area contributed by atoms with Crippen molar-refractivity contribution < 1.29 is 13.3 Å². The molecule has 0 amide bonds. The van der Waals surface area contributed by atoms with Crippen LogP contribution in [0.3, 0.4) is 0 Å². The third-order valence-electron chi connectivity index (χ3n) is 4.89. The Balaban J connectivity index is 2.21. The number of unbranched alkanes of at least 4 members (excludes halogenated alkanes) is 1. The van der Waals surface area contributed by atoms with Gasteiger partial charge in [0, 0.05) is 0 Å².